The van der Waals surface area contributed by atoms with Crippen molar-refractivity contribution in [1.29, 1.82) is 0 Å². The second-order valence-electron chi connectivity index (χ2n) is 8.35. The first-order chi connectivity index (χ1) is 14.9. The van der Waals surface area contributed by atoms with Crippen molar-refractivity contribution in [2.24, 2.45) is 0 Å². The average Bonchev–Trinajstić information content (AvgIpc) is 3.23. The Morgan fingerprint density at radius 2 is 1.47 bits per heavy atom. The van der Waals surface area contributed by atoms with E-state index in [0.29, 0.717) is 18.0 Å². The highest BCUT2D eigenvalue weighted by molar-refractivity contribution is 5.80. The molecule has 1 aromatic heterocycles. The van der Waals surface area contributed by atoms with Gasteiger partial charge in [0.25, 0.3) is 0 Å². The Morgan fingerprint density at radius 1 is 0.800 bits per heavy atom. The first-order valence-corrected chi connectivity index (χ1v) is 11.0. The van der Waals surface area contributed by atoms with E-state index in [1.165, 1.54) is 40.6 Å². The molecule has 1 fully saturated rings. The molecule has 1 saturated heterocycles. The SMILES string of the molecule is c1ccc(C(c2ccccc2)[C@H]2CC[C@@H](NCc3cc4ccccc4[nH]3)CN2)cc1. The zero-order valence-corrected chi connectivity index (χ0v) is 17.2. The fourth-order valence-electron chi connectivity index (χ4n) is 4.80. The first-order valence-electron chi connectivity index (χ1n) is 11.0. The molecule has 3 heteroatoms. The van der Waals surface area contributed by atoms with Crippen LogP contribution in [0.3, 0.4) is 0 Å². The lowest BCUT2D eigenvalue weighted by atomic mass is 9.81. The van der Waals surface area contributed by atoms with Gasteiger partial charge in [-0.1, -0.05) is 78.9 Å². The molecule has 0 saturated carbocycles. The zero-order valence-electron chi connectivity index (χ0n) is 17.2. The molecule has 152 valence electrons. The van der Waals surface area contributed by atoms with Gasteiger partial charge < -0.3 is 15.6 Å². The van der Waals surface area contributed by atoms with Crippen molar-refractivity contribution in [2.45, 2.75) is 37.4 Å². The molecule has 2 heterocycles. The Balaban J connectivity index is 1.23. The number of rotatable bonds is 6. The Hall–Kier alpha value is -2.88. The molecule has 1 aliphatic rings. The zero-order chi connectivity index (χ0) is 20.2. The summed E-state index contributed by atoms with van der Waals surface area (Å²) in [6.45, 7) is 1.88. The fourth-order valence-corrected chi connectivity index (χ4v) is 4.80. The molecule has 1 aliphatic heterocycles. The minimum atomic E-state index is 0.391. The molecular formula is C27H29N3. The molecule has 5 rings (SSSR count). The Labute approximate surface area is 178 Å². The van der Waals surface area contributed by atoms with Crippen molar-refractivity contribution in [3.05, 3.63) is 108 Å². The summed E-state index contributed by atoms with van der Waals surface area (Å²) >= 11 is 0. The van der Waals surface area contributed by atoms with Crippen molar-refractivity contribution < 1.29 is 0 Å². The molecule has 0 unspecified atom stereocenters. The number of aromatic nitrogens is 1. The third-order valence-electron chi connectivity index (χ3n) is 6.34. The van der Waals surface area contributed by atoms with Crippen LogP contribution < -0.4 is 10.6 Å². The topological polar surface area (TPSA) is 39.9 Å². The van der Waals surface area contributed by atoms with Gasteiger partial charge in [0.1, 0.15) is 0 Å². The van der Waals surface area contributed by atoms with Crippen molar-refractivity contribution >= 4 is 10.9 Å². The second-order valence-corrected chi connectivity index (χ2v) is 8.35. The third kappa shape index (κ3) is 4.18. The van der Waals surface area contributed by atoms with Gasteiger partial charge in [-0.3, -0.25) is 0 Å². The number of para-hydroxylation sites is 1. The molecule has 0 spiro atoms. The van der Waals surface area contributed by atoms with Crippen LogP contribution in [0, 0.1) is 0 Å². The van der Waals surface area contributed by atoms with E-state index in [4.69, 9.17) is 0 Å². The van der Waals surface area contributed by atoms with Crippen LogP contribution in [0.15, 0.2) is 91.0 Å². The minimum absolute atomic E-state index is 0.391. The molecule has 30 heavy (non-hydrogen) atoms. The minimum Gasteiger partial charge on any atom is -0.357 e. The summed E-state index contributed by atoms with van der Waals surface area (Å²) in [5, 5.41) is 8.88. The lowest BCUT2D eigenvalue weighted by Crippen LogP contribution is -2.49. The van der Waals surface area contributed by atoms with E-state index in [1.807, 2.05) is 0 Å². The van der Waals surface area contributed by atoms with Crippen molar-refractivity contribution in [3.63, 3.8) is 0 Å². The number of fused-ring (bicyclic) bond motifs is 1. The van der Waals surface area contributed by atoms with Crippen LogP contribution in [0.25, 0.3) is 10.9 Å². The van der Waals surface area contributed by atoms with Gasteiger partial charge in [-0.2, -0.15) is 0 Å². The highest BCUT2D eigenvalue weighted by Gasteiger charge is 2.29. The summed E-state index contributed by atoms with van der Waals surface area (Å²) in [7, 11) is 0. The summed E-state index contributed by atoms with van der Waals surface area (Å²) in [4.78, 5) is 3.52. The van der Waals surface area contributed by atoms with Gasteiger partial charge in [0.2, 0.25) is 0 Å². The summed E-state index contributed by atoms with van der Waals surface area (Å²) in [5.74, 6) is 0.391. The molecule has 2 atom stereocenters. The van der Waals surface area contributed by atoms with Gasteiger partial charge >= 0.3 is 0 Å². The molecule has 0 bridgehead atoms. The van der Waals surface area contributed by atoms with Crippen LogP contribution in [0.4, 0.5) is 0 Å². The van der Waals surface area contributed by atoms with Gasteiger partial charge in [0.15, 0.2) is 0 Å². The average molecular weight is 396 g/mol. The van der Waals surface area contributed by atoms with Gasteiger partial charge in [0.05, 0.1) is 0 Å². The van der Waals surface area contributed by atoms with Crippen LogP contribution in [0.2, 0.25) is 0 Å². The number of H-pyrrole nitrogens is 1. The number of benzene rings is 3. The standard InChI is InChI=1S/C27H29N3/c1-3-9-20(10-4-1)27(21-11-5-2-6-12-21)26-16-15-23(18-29-26)28-19-24-17-22-13-7-8-14-25(22)30-24/h1-14,17,23,26-30H,15-16,18-19H2/t23-,26-/m1/s1. The summed E-state index contributed by atoms with van der Waals surface area (Å²) < 4.78 is 0. The highest BCUT2D eigenvalue weighted by atomic mass is 15.0. The lowest BCUT2D eigenvalue weighted by Gasteiger charge is -2.36. The quantitative estimate of drug-likeness (QED) is 0.419. The first kappa shape index (κ1) is 19.1. The normalized spacial score (nSPS) is 19.4. The molecule has 0 aliphatic carbocycles. The largest absolute Gasteiger partial charge is 0.357 e. The van der Waals surface area contributed by atoms with E-state index in [1.54, 1.807) is 0 Å². The summed E-state index contributed by atoms with van der Waals surface area (Å²) in [5.41, 5.74) is 5.26. The van der Waals surface area contributed by atoms with Gasteiger partial charge in [-0.25, -0.2) is 0 Å². The summed E-state index contributed by atoms with van der Waals surface area (Å²) in [6.07, 6.45) is 2.35. The Morgan fingerprint density at radius 3 is 2.10 bits per heavy atom. The van der Waals surface area contributed by atoms with Gasteiger partial charge in [-0.05, 0) is 41.5 Å². The van der Waals surface area contributed by atoms with Crippen LogP contribution in [0.1, 0.15) is 35.6 Å². The number of hydrogen-bond acceptors (Lipinski definition) is 2. The lowest BCUT2D eigenvalue weighted by molar-refractivity contribution is 0.307. The Bertz CT molecular complexity index is 990. The molecule has 4 aromatic rings. The van der Waals surface area contributed by atoms with E-state index in [9.17, 15) is 0 Å². The molecule has 0 radical (unpaired) electrons. The van der Waals surface area contributed by atoms with Crippen LogP contribution in [0.5, 0.6) is 0 Å². The smallest absolute Gasteiger partial charge is 0.0456 e. The molecule has 3 nitrogen and oxygen atoms in total. The van der Waals surface area contributed by atoms with Crippen LogP contribution in [-0.2, 0) is 6.54 Å². The van der Waals surface area contributed by atoms with E-state index < -0.39 is 0 Å². The maximum Gasteiger partial charge on any atom is 0.0456 e. The van der Waals surface area contributed by atoms with E-state index in [-0.39, 0.29) is 0 Å². The van der Waals surface area contributed by atoms with Gasteiger partial charge in [-0.15, -0.1) is 0 Å². The van der Waals surface area contributed by atoms with Gasteiger partial charge in [0, 0.05) is 42.3 Å². The number of nitrogens with one attached hydrogen (secondary N) is 3. The van der Waals surface area contributed by atoms with Crippen LogP contribution >= 0.6 is 0 Å². The van der Waals surface area contributed by atoms with E-state index in [2.05, 4.69) is 107 Å². The molecule has 0 amide bonds. The van der Waals surface area contributed by atoms with E-state index >= 15 is 0 Å². The highest BCUT2D eigenvalue weighted by Crippen LogP contribution is 2.31. The number of hydrogen-bond donors (Lipinski definition) is 3. The van der Waals surface area contributed by atoms with E-state index in [0.717, 1.165) is 13.1 Å². The Kier molecular flexibility index (Phi) is 5.65. The van der Waals surface area contributed by atoms with Crippen molar-refractivity contribution in [3.8, 4) is 0 Å². The number of aromatic amines is 1. The molecule has 3 aromatic carbocycles. The predicted octanol–water partition coefficient (Wildman–Crippen LogP) is 5.21. The van der Waals surface area contributed by atoms with Crippen LogP contribution in [-0.4, -0.2) is 23.6 Å². The monoisotopic (exact) mass is 395 g/mol. The van der Waals surface area contributed by atoms with Crippen molar-refractivity contribution in [2.75, 3.05) is 6.54 Å². The maximum atomic E-state index is 3.86. The number of piperidine rings is 1. The molecular weight excluding hydrogens is 366 g/mol. The molecule has 3 N–H and O–H groups in total. The van der Waals surface area contributed by atoms with Crippen molar-refractivity contribution in [1.82, 2.24) is 15.6 Å². The third-order valence-corrected chi connectivity index (χ3v) is 6.34. The second kappa shape index (κ2) is 8.86. The fraction of sp³-hybridized carbons (Fsp3) is 0.259. The summed E-state index contributed by atoms with van der Waals surface area (Å²) in [6, 6.07) is 33.5. The predicted molar refractivity (Wildman–Crippen MR) is 125 cm³/mol. The maximum absolute atomic E-state index is 3.86.